The molecule has 1 rings (SSSR count). The van der Waals surface area contributed by atoms with Gasteiger partial charge in [-0.1, -0.05) is 0 Å². The van der Waals surface area contributed by atoms with E-state index in [0.29, 0.717) is 6.61 Å². The van der Waals surface area contributed by atoms with Gasteiger partial charge in [-0.05, 0) is 13.0 Å². The number of rotatable bonds is 7. The fraction of sp³-hybridized carbons (Fsp3) is 0.750. The molecule has 2 N–H and O–H groups in total. The van der Waals surface area contributed by atoms with E-state index in [9.17, 15) is 9.90 Å². The van der Waals surface area contributed by atoms with E-state index >= 15 is 0 Å². The van der Waals surface area contributed by atoms with E-state index < -0.39 is 30.4 Å². The minimum atomic E-state index is -1.01. The van der Waals surface area contributed by atoms with E-state index in [-0.39, 0.29) is 13.2 Å². The van der Waals surface area contributed by atoms with Crippen molar-refractivity contribution in [3.8, 4) is 0 Å². The average Bonchev–Trinajstić information content (AvgIpc) is 2.41. The molecule has 0 bridgehead atoms. The topological polar surface area (TPSA) is 94.5 Å². The number of aliphatic hydroxyl groups excluding tert-OH is 2. The maximum atomic E-state index is 11.8. The minimum Gasteiger partial charge on any atom is -0.492 e. The lowest BCUT2D eigenvalue weighted by atomic mass is 10.1. The molecule has 19 heavy (non-hydrogen) atoms. The zero-order valence-electron chi connectivity index (χ0n) is 11.0. The van der Waals surface area contributed by atoms with Crippen molar-refractivity contribution in [3.05, 3.63) is 12.3 Å². The predicted molar refractivity (Wildman–Crippen MR) is 64.3 cm³/mol. The summed E-state index contributed by atoms with van der Waals surface area (Å²) in [6.07, 6.45) is -0.908. The summed E-state index contributed by atoms with van der Waals surface area (Å²) in [6.45, 7) is 1.81. The normalized spacial score (nSPS) is 27.7. The third kappa shape index (κ3) is 4.79. The Balaban J connectivity index is 2.47. The first kappa shape index (κ1) is 15.9. The van der Waals surface area contributed by atoms with Crippen LogP contribution in [0.15, 0.2) is 12.3 Å². The van der Waals surface area contributed by atoms with Crippen LogP contribution < -0.4 is 0 Å². The summed E-state index contributed by atoms with van der Waals surface area (Å²) >= 11 is 0. The van der Waals surface area contributed by atoms with E-state index in [2.05, 4.69) is 0 Å². The molecule has 7 heteroatoms. The predicted octanol–water partition coefficient (Wildman–Crippen LogP) is -0.785. The van der Waals surface area contributed by atoms with Crippen LogP contribution in [0.2, 0.25) is 0 Å². The van der Waals surface area contributed by atoms with Gasteiger partial charge >= 0.3 is 5.97 Å². The molecule has 0 spiro atoms. The Labute approximate surface area is 111 Å². The van der Waals surface area contributed by atoms with Crippen LogP contribution in [0.25, 0.3) is 0 Å². The molecule has 0 aliphatic carbocycles. The van der Waals surface area contributed by atoms with Crippen molar-refractivity contribution in [3.63, 3.8) is 0 Å². The van der Waals surface area contributed by atoms with Gasteiger partial charge in [-0.2, -0.15) is 0 Å². The Hall–Kier alpha value is -1.15. The summed E-state index contributed by atoms with van der Waals surface area (Å²) in [5.74, 6) is -0.627. The van der Waals surface area contributed by atoms with Crippen molar-refractivity contribution < 1.29 is 34.0 Å². The van der Waals surface area contributed by atoms with Crippen molar-refractivity contribution in [2.75, 3.05) is 26.9 Å². The van der Waals surface area contributed by atoms with Gasteiger partial charge < -0.3 is 29.2 Å². The molecule has 7 nitrogen and oxygen atoms in total. The summed E-state index contributed by atoms with van der Waals surface area (Å²) in [6, 6.07) is 0. The molecular weight excluding hydrogens is 256 g/mol. The molecule has 1 aliphatic heterocycles. The molecule has 0 saturated heterocycles. The fourth-order valence-corrected chi connectivity index (χ4v) is 1.53. The second-order valence-corrected chi connectivity index (χ2v) is 4.08. The van der Waals surface area contributed by atoms with Crippen molar-refractivity contribution in [2.45, 2.75) is 31.3 Å². The van der Waals surface area contributed by atoms with Gasteiger partial charge in [-0.15, -0.1) is 0 Å². The SMILES string of the molecule is COCCO[C@@H](C)C(=O)O[C@@H]1[C@H](O)C=CO[C@@H]1CO. The van der Waals surface area contributed by atoms with Crippen LogP contribution in [-0.2, 0) is 23.7 Å². The molecule has 0 aromatic heterocycles. The highest BCUT2D eigenvalue weighted by atomic mass is 16.6. The number of hydrogen-bond acceptors (Lipinski definition) is 7. The standard InChI is InChI=1S/C12H20O7/c1-8(17-6-5-16-2)12(15)19-11-9(14)3-4-18-10(11)7-13/h3-4,8-11,13-14H,5-7H2,1-2H3/t8-,9+,10+,11+/m0/s1. The molecule has 0 saturated carbocycles. The van der Waals surface area contributed by atoms with Gasteiger partial charge in [-0.25, -0.2) is 4.79 Å². The molecule has 0 amide bonds. The lowest BCUT2D eigenvalue weighted by molar-refractivity contribution is -0.178. The number of hydrogen-bond donors (Lipinski definition) is 2. The number of methoxy groups -OCH3 is 1. The maximum Gasteiger partial charge on any atom is 0.335 e. The monoisotopic (exact) mass is 276 g/mol. The van der Waals surface area contributed by atoms with Gasteiger partial charge in [0, 0.05) is 7.11 Å². The molecule has 0 unspecified atom stereocenters. The van der Waals surface area contributed by atoms with Gasteiger partial charge in [0.2, 0.25) is 0 Å². The van der Waals surface area contributed by atoms with Crippen molar-refractivity contribution >= 4 is 5.97 Å². The van der Waals surface area contributed by atoms with E-state index in [0.717, 1.165) is 0 Å². The molecule has 110 valence electrons. The van der Waals surface area contributed by atoms with Gasteiger partial charge in [-0.3, -0.25) is 0 Å². The Morgan fingerprint density at radius 2 is 2.21 bits per heavy atom. The van der Waals surface area contributed by atoms with Crippen molar-refractivity contribution in [2.24, 2.45) is 0 Å². The van der Waals surface area contributed by atoms with Crippen LogP contribution in [0, 0.1) is 0 Å². The number of ether oxygens (including phenoxy) is 4. The van der Waals surface area contributed by atoms with E-state index in [1.54, 1.807) is 0 Å². The Bertz CT molecular complexity index is 304. The minimum absolute atomic E-state index is 0.264. The molecule has 4 atom stereocenters. The quantitative estimate of drug-likeness (QED) is 0.465. The van der Waals surface area contributed by atoms with E-state index in [1.807, 2.05) is 0 Å². The highest BCUT2D eigenvalue weighted by Gasteiger charge is 2.35. The molecule has 0 aromatic carbocycles. The largest absolute Gasteiger partial charge is 0.492 e. The number of carbonyl (C=O) groups is 1. The van der Waals surface area contributed by atoms with Gasteiger partial charge in [0.05, 0.1) is 26.1 Å². The zero-order chi connectivity index (χ0) is 14.3. The molecular formula is C12H20O7. The lowest BCUT2D eigenvalue weighted by Gasteiger charge is -2.31. The number of carbonyl (C=O) groups excluding carboxylic acids is 1. The van der Waals surface area contributed by atoms with Crippen LogP contribution in [-0.4, -0.2) is 67.5 Å². The van der Waals surface area contributed by atoms with Gasteiger partial charge in [0.1, 0.15) is 6.10 Å². The maximum absolute atomic E-state index is 11.8. The van der Waals surface area contributed by atoms with Crippen LogP contribution in [0.3, 0.4) is 0 Å². The van der Waals surface area contributed by atoms with E-state index in [4.69, 9.17) is 24.1 Å². The molecule has 1 aliphatic rings. The molecule has 0 fully saturated rings. The Kier molecular flexibility index (Phi) is 6.79. The second kappa shape index (κ2) is 8.11. The van der Waals surface area contributed by atoms with Crippen molar-refractivity contribution in [1.29, 1.82) is 0 Å². The van der Waals surface area contributed by atoms with Crippen LogP contribution in [0.4, 0.5) is 0 Å². The van der Waals surface area contributed by atoms with Crippen molar-refractivity contribution in [1.82, 2.24) is 0 Å². The molecule has 0 aromatic rings. The Morgan fingerprint density at radius 1 is 1.47 bits per heavy atom. The zero-order valence-corrected chi connectivity index (χ0v) is 11.0. The smallest absolute Gasteiger partial charge is 0.335 e. The van der Waals surface area contributed by atoms with Gasteiger partial charge in [0.25, 0.3) is 0 Å². The van der Waals surface area contributed by atoms with Crippen LogP contribution in [0.5, 0.6) is 0 Å². The van der Waals surface area contributed by atoms with E-state index in [1.165, 1.54) is 26.4 Å². The summed E-state index contributed by atoms with van der Waals surface area (Å²) in [5, 5.41) is 18.8. The first-order chi connectivity index (χ1) is 9.10. The Morgan fingerprint density at radius 3 is 2.84 bits per heavy atom. The summed E-state index contributed by atoms with van der Waals surface area (Å²) in [4.78, 5) is 11.8. The first-order valence-electron chi connectivity index (χ1n) is 6.02. The number of aliphatic hydroxyl groups is 2. The highest BCUT2D eigenvalue weighted by molar-refractivity contribution is 5.74. The average molecular weight is 276 g/mol. The summed E-state index contributed by atoms with van der Waals surface area (Å²) < 4.78 is 20.2. The fourth-order valence-electron chi connectivity index (χ4n) is 1.53. The molecule has 0 radical (unpaired) electrons. The molecule has 1 heterocycles. The highest BCUT2D eigenvalue weighted by Crippen LogP contribution is 2.16. The lowest BCUT2D eigenvalue weighted by Crippen LogP contribution is -2.46. The summed E-state index contributed by atoms with van der Waals surface area (Å²) in [5.41, 5.74) is 0. The summed E-state index contributed by atoms with van der Waals surface area (Å²) in [7, 11) is 1.53. The third-order valence-electron chi connectivity index (χ3n) is 2.65. The van der Waals surface area contributed by atoms with Crippen LogP contribution >= 0.6 is 0 Å². The number of esters is 1. The van der Waals surface area contributed by atoms with Gasteiger partial charge in [0.15, 0.2) is 18.3 Å². The van der Waals surface area contributed by atoms with Crippen LogP contribution in [0.1, 0.15) is 6.92 Å². The second-order valence-electron chi connectivity index (χ2n) is 4.08. The first-order valence-corrected chi connectivity index (χ1v) is 6.02. The third-order valence-corrected chi connectivity index (χ3v) is 2.65.